The van der Waals surface area contributed by atoms with Gasteiger partial charge in [-0.3, -0.25) is 0 Å². The molecule has 1 saturated heterocycles. The van der Waals surface area contributed by atoms with Crippen molar-refractivity contribution in [2.45, 2.75) is 71.3 Å². The maximum Gasteiger partial charge on any atom is 0.127 e. The second-order valence-electron chi connectivity index (χ2n) is 11.1. The first-order valence-electron chi connectivity index (χ1n) is 13.0. The van der Waals surface area contributed by atoms with E-state index in [1.807, 2.05) is 0 Å². The predicted octanol–water partition coefficient (Wildman–Crippen LogP) is 7.09. The lowest BCUT2D eigenvalue weighted by Gasteiger charge is -2.36. The molecule has 0 saturated carbocycles. The molecule has 3 heteroatoms. The van der Waals surface area contributed by atoms with Crippen LogP contribution in [-0.2, 0) is 0 Å². The Bertz CT molecular complexity index is 1220. The number of ether oxygens (including phenoxy) is 2. The highest BCUT2D eigenvalue weighted by molar-refractivity contribution is 5.63. The van der Waals surface area contributed by atoms with Crippen molar-refractivity contribution in [1.82, 2.24) is 5.32 Å². The van der Waals surface area contributed by atoms with Crippen molar-refractivity contribution < 1.29 is 9.47 Å². The molecule has 3 atom stereocenters. The summed E-state index contributed by atoms with van der Waals surface area (Å²) in [5.74, 6) is 3.13. The van der Waals surface area contributed by atoms with Gasteiger partial charge in [-0.2, -0.15) is 0 Å². The van der Waals surface area contributed by atoms with E-state index >= 15 is 0 Å². The second kappa shape index (κ2) is 9.02. The molecule has 184 valence electrons. The summed E-state index contributed by atoms with van der Waals surface area (Å²) in [4.78, 5) is 0. The van der Waals surface area contributed by atoms with Crippen LogP contribution < -0.4 is 14.8 Å². The van der Waals surface area contributed by atoms with Gasteiger partial charge in [0.2, 0.25) is 0 Å². The van der Waals surface area contributed by atoms with Crippen LogP contribution in [0.2, 0.25) is 0 Å². The smallest absolute Gasteiger partial charge is 0.127 e. The van der Waals surface area contributed by atoms with Gasteiger partial charge < -0.3 is 14.8 Å². The average Bonchev–Trinajstić information content (AvgIpc) is 3.15. The van der Waals surface area contributed by atoms with Crippen molar-refractivity contribution in [3.63, 3.8) is 0 Å². The molecule has 35 heavy (non-hydrogen) atoms. The van der Waals surface area contributed by atoms with Gasteiger partial charge in [-0.05, 0) is 106 Å². The fourth-order valence-corrected chi connectivity index (χ4v) is 6.61. The minimum Gasteiger partial charge on any atom is -0.497 e. The zero-order valence-corrected chi connectivity index (χ0v) is 22.3. The van der Waals surface area contributed by atoms with Crippen LogP contribution in [0.5, 0.6) is 11.5 Å². The summed E-state index contributed by atoms with van der Waals surface area (Å²) in [6, 6.07) is 17.8. The molecule has 2 unspecified atom stereocenters. The number of rotatable bonds is 4. The molecule has 3 nitrogen and oxygen atoms in total. The number of nitrogens with one attached hydrogen (secondary N) is 1. The Morgan fingerprint density at radius 1 is 0.800 bits per heavy atom. The predicted molar refractivity (Wildman–Crippen MR) is 144 cm³/mol. The number of methoxy groups -OCH3 is 1. The quantitative estimate of drug-likeness (QED) is 0.442. The first kappa shape index (κ1) is 23.9. The van der Waals surface area contributed by atoms with E-state index in [0.717, 1.165) is 31.0 Å². The van der Waals surface area contributed by atoms with Crippen LogP contribution in [0.15, 0.2) is 48.5 Å². The molecule has 1 fully saturated rings. The van der Waals surface area contributed by atoms with Gasteiger partial charge in [-0.25, -0.2) is 0 Å². The Morgan fingerprint density at radius 3 is 2.11 bits per heavy atom. The molecule has 0 bridgehead atoms. The first-order chi connectivity index (χ1) is 16.7. The Labute approximate surface area is 210 Å². The van der Waals surface area contributed by atoms with Crippen molar-refractivity contribution in [2.24, 2.45) is 0 Å². The van der Waals surface area contributed by atoms with Crippen LogP contribution >= 0.6 is 0 Å². The molecule has 0 spiro atoms. The van der Waals surface area contributed by atoms with Gasteiger partial charge in [0.1, 0.15) is 17.1 Å². The van der Waals surface area contributed by atoms with E-state index in [1.54, 1.807) is 7.11 Å². The molecule has 0 radical (unpaired) electrons. The van der Waals surface area contributed by atoms with Crippen molar-refractivity contribution in [3.8, 4) is 11.5 Å². The summed E-state index contributed by atoms with van der Waals surface area (Å²) in [6.45, 7) is 15.6. The van der Waals surface area contributed by atoms with Gasteiger partial charge >= 0.3 is 0 Å². The number of hydrogen-bond acceptors (Lipinski definition) is 3. The highest BCUT2D eigenvalue weighted by Gasteiger charge is 2.45. The van der Waals surface area contributed by atoms with E-state index in [0.29, 0.717) is 11.8 Å². The number of benzene rings is 3. The lowest BCUT2D eigenvalue weighted by atomic mass is 9.71. The van der Waals surface area contributed by atoms with Gasteiger partial charge in [0, 0.05) is 18.0 Å². The Balaban J connectivity index is 1.66. The zero-order valence-electron chi connectivity index (χ0n) is 22.3. The topological polar surface area (TPSA) is 30.5 Å². The fraction of sp³-hybridized carbons (Fsp3) is 0.438. The fourth-order valence-electron chi connectivity index (χ4n) is 6.61. The van der Waals surface area contributed by atoms with Crippen LogP contribution in [0.1, 0.15) is 82.5 Å². The summed E-state index contributed by atoms with van der Waals surface area (Å²) < 4.78 is 12.2. The van der Waals surface area contributed by atoms with Gasteiger partial charge in [0.05, 0.1) is 13.0 Å². The molecule has 1 N–H and O–H groups in total. The summed E-state index contributed by atoms with van der Waals surface area (Å²) in [5, 5.41) is 3.71. The molecule has 2 aliphatic rings. The maximum atomic E-state index is 6.73. The van der Waals surface area contributed by atoms with Crippen LogP contribution in [0.25, 0.3) is 0 Å². The van der Waals surface area contributed by atoms with Crippen molar-refractivity contribution >= 4 is 0 Å². The molecule has 2 aliphatic heterocycles. The summed E-state index contributed by atoms with van der Waals surface area (Å²) in [5.41, 5.74) is 10.7. The van der Waals surface area contributed by atoms with E-state index in [2.05, 4.69) is 95.4 Å². The Hall–Kier alpha value is -2.78. The highest BCUT2D eigenvalue weighted by Crippen LogP contribution is 2.54. The lowest BCUT2D eigenvalue weighted by molar-refractivity contribution is 0.121. The van der Waals surface area contributed by atoms with E-state index < -0.39 is 0 Å². The van der Waals surface area contributed by atoms with Crippen LogP contribution in [0, 0.1) is 27.7 Å². The standard InChI is InChI=1S/C32H39NO2/c1-19-8-10-24(11-9-19)30-29-22(4)28(20(2)21(3)31(29)35-32(30,5)6)27-18-33-17-16-26(27)23-12-14-25(34-7)15-13-23/h8-15,26-27,30,33H,16-18H2,1-7H3/t26?,27-,30?/m1/s1. The minimum absolute atomic E-state index is 0.215. The first-order valence-corrected chi connectivity index (χ1v) is 13.0. The van der Waals surface area contributed by atoms with Crippen LogP contribution in [0.4, 0.5) is 0 Å². The number of fused-ring (bicyclic) bond motifs is 1. The third kappa shape index (κ3) is 4.04. The number of hydrogen-bond donors (Lipinski definition) is 1. The molecule has 0 aliphatic carbocycles. The molecule has 3 aromatic rings. The van der Waals surface area contributed by atoms with E-state index in [1.165, 1.54) is 44.5 Å². The van der Waals surface area contributed by atoms with E-state index in [9.17, 15) is 0 Å². The largest absolute Gasteiger partial charge is 0.497 e. The van der Waals surface area contributed by atoms with Gasteiger partial charge in [-0.15, -0.1) is 0 Å². The monoisotopic (exact) mass is 469 g/mol. The Kier molecular flexibility index (Phi) is 6.17. The van der Waals surface area contributed by atoms with Gasteiger partial charge in [-0.1, -0.05) is 42.0 Å². The van der Waals surface area contributed by atoms with Gasteiger partial charge in [0.25, 0.3) is 0 Å². The summed E-state index contributed by atoms with van der Waals surface area (Å²) in [7, 11) is 1.73. The molecule has 2 heterocycles. The zero-order chi connectivity index (χ0) is 24.9. The van der Waals surface area contributed by atoms with E-state index in [-0.39, 0.29) is 11.5 Å². The third-order valence-electron chi connectivity index (χ3n) is 8.52. The summed E-state index contributed by atoms with van der Waals surface area (Å²) >= 11 is 0. The molecular weight excluding hydrogens is 430 g/mol. The second-order valence-corrected chi connectivity index (χ2v) is 11.1. The molecule has 3 aromatic carbocycles. The van der Waals surface area contributed by atoms with Crippen LogP contribution in [0.3, 0.4) is 0 Å². The van der Waals surface area contributed by atoms with Crippen molar-refractivity contribution in [2.75, 3.05) is 20.2 Å². The molecule has 0 aromatic heterocycles. The van der Waals surface area contributed by atoms with Crippen LogP contribution in [-0.4, -0.2) is 25.8 Å². The van der Waals surface area contributed by atoms with E-state index in [4.69, 9.17) is 9.47 Å². The molecule has 5 rings (SSSR count). The SMILES string of the molecule is COc1ccc(C2CCNC[C@H]2c2c(C)c(C)c3c(c2C)C(c2ccc(C)cc2)C(C)(C)O3)cc1. The number of piperidine rings is 1. The minimum atomic E-state index is -0.293. The normalized spacial score (nSPS) is 23.0. The molecular formula is C32H39NO2. The summed E-state index contributed by atoms with van der Waals surface area (Å²) in [6.07, 6.45) is 1.13. The highest BCUT2D eigenvalue weighted by atomic mass is 16.5. The maximum absolute atomic E-state index is 6.73. The lowest BCUT2D eigenvalue weighted by Crippen LogP contribution is -2.35. The molecule has 0 amide bonds. The average molecular weight is 470 g/mol. The van der Waals surface area contributed by atoms with Crippen molar-refractivity contribution in [3.05, 3.63) is 93.0 Å². The third-order valence-corrected chi connectivity index (χ3v) is 8.52. The number of aryl methyl sites for hydroxylation is 1. The van der Waals surface area contributed by atoms with Crippen molar-refractivity contribution in [1.29, 1.82) is 0 Å². The van der Waals surface area contributed by atoms with Gasteiger partial charge in [0.15, 0.2) is 0 Å². The Morgan fingerprint density at radius 2 is 1.46 bits per heavy atom.